The van der Waals surface area contributed by atoms with Gasteiger partial charge in [0.2, 0.25) is 11.7 Å². The van der Waals surface area contributed by atoms with Crippen LogP contribution in [0.15, 0.2) is 59.3 Å². The summed E-state index contributed by atoms with van der Waals surface area (Å²) >= 11 is 6.01. The molecule has 31 heavy (non-hydrogen) atoms. The molecule has 2 amide bonds. The Morgan fingerprint density at radius 2 is 1.90 bits per heavy atom. The molecule has 4 aromatic rings. The Hall–Kier alpha value is -3.39. The summed E-state index contributed by atoms with van der Waals surface area (Å²) in [6.45, 7) is 1.64. The summed E-state index contributed by atoms with van der Waals surface area (Å²) in [6.07, 6.45) is 3.17. The van der Waals surface area contributed by atoms with E-state index in [-0.39, 0.29) is 11.8 Å². The smallest absolute Gasteiger partial charge is 0.314 e. The van der Waals surface area contributed by atoms with Crippen molar-refractivity contribution < 1.29 is 13.7 Å². The van der Waals surface area contributed by atoms with Crippen molar-refractivity contribution in [2.75, 3.05) is 13.1 Å². The maximum atomic E-state index is 13.0. The van der Waals surface area contributed by atoms with Gasteiger partial charge in [-0.25, -0.2) is 9.18 Å². The summed E-state index contributed by atoms with van der Waals surface area (Å²) in [5.74, 6) is 0.574. The molecule has 2 heterocycles. The number of hydrogen-bond donors (Lipinski definition) is 2. The number of fused-ring (bicyclic) bond motifs is 1. The fourth-order valence-electron chi connectivity index (χ4n) is 3.23. The normalized spacial score (nSPS) is 11.0. The van der Waals surface area contributed by atoms with E-state index in [1.165, 1.54) is 12.1 Å². The van der Waals surface area contributed by atoms with E-state index in [1.54, 1.807) is 12.1 Å². The number of nitrogens with one attached hydrogen (secondary N) is 2. The van der Waals surface area contributed by atoms with E-state index in [4.69, 9.17) is 16.1 Å². The third kappa shape index (κ3) is 5.40. The molecule has 0 fully saturated rings. The van der Waals surface area contributed by atoms with E-state index >= 15 is 0 Å². The highest BCUT2D eigenvalue weighted by molar-refractivity contribution is 6.31. The molecule has 2 aromatic heterocycles. The highest BCUT2D eigenvalue weighted by Crippen LogP contribution is 2.20. The molecule has 0 spiro atoms. The van der Waals surface area contributed by atoms with E-state index in [1.807, 2.05) is 30.5 Å². The van der Waals surface area contributed by atoms with Gasteiger partial charge in [-0.2, -0.15) is 4.98 Å². The number of hydrogen-bond acceptors (Lipinski definition) is 4. The highest BCUT2D eigenvalue weighted by atomic mass is 35.5. The quantitative estimate of drug-likeness (QED) is 0.396. The van der Waals surface area contributed by atoms with Gasteiger partial charge in [0.1, 0.15) is 5.82 Å². The fraction of sp³-hybridized carbons (Fsp3) is 0.227. The number of carbonyl (C=O) groups excluding carboxylic acids is 1. The summed E-state index contributed by atoms with van der Waals surface area (Å²) in [4.78, 5) is 16.3. The summed E-state index contributed by atoms with van der Waals surface area (Å²) in [6, 6.07) is 13.4. The van der Waals surface area contributed by atoms with Crippen LogP contribution in [0.1, 0.15) is 12.3 Å². The first-order chi connectivity index (χ1) is 15.1. The Kier molecular flexibility index (Phi) is 6.47. The van der Waals surface area contributed by atoms with Crippen LogP contribution >= 0.6 is 11.6 Å². The van der Waals surface area contributed by atoms with Gasteiger partial charge in [-0.15, -0.1) is 0 Å². The molecule has 2 N–H and O–H groups in total. The highest BCUT2D eigenvalue weighted by Gasteiger charge is 2.09. The van der Waals surface area contributed by atoms with Crippen molar-refractivity contribution in [2.24, 2.45) is 0 Å². The topological polar surface area (TPSA) is 85.0 Å². The van der Waals surface area contributed by atoms with Gasteiger partial charge in [0.25, 0.3) is 0 Å². The number of halogens is 2. The first kappa shape index (κ1) is 20.9. The molecule has 0 saturated heterocycles. The first-order valence-corrected chi connectivity index (χ1v) is 10.3. The zero-order chi connectivity index (χ0) is 21.6. The van der Waals surface area contributed by atoms with Crippen molar-refractivity contribution in [2.45, 2.75) is 19.4 Å². The number of aryl methyl sites for hydroxylation is 1. The van der Waals surface area contributed by atoms with E-state index < -0.39 is 0 Å². The summed E-state index contributed by atoms with van der Waals surface area (Å²) in [5, 5.41) is 11.3. The lowest BCUT2D eigenvalue weighted by Gasteiger charge is -2.09. The van der Waals surface area contributed by atoms with Gasteiger partial charge in [-0.1, -0.05) is 16.8 Å². The summed E-state index contributed by atoms with van der Waals surface area (Å²) in [7, 11) is 0. The monoisotopic (exact) mass is 441 g/mol. The third-order valence-electron chi connectivity index (χ3n) is 4.79. The molecule has 0 radical (unpaired) electrons. The zero-order valence-corrected chi connectivity index (χ0v) is 17.4. The lowest BCUT2D eigenvalue weighted by molar-refractivity contribution is 0.240. The van der Waals surface area contributed by atoms with Gasteiger partial charge in [-0.05, 0) is 55.0 Å². The number of nitrogens with zero attached hydrogens (tertiary/aromatic N) is 3. The number of benzene rings is 2. The lowest BCUT2D eigenvalue weighted by Crippen LogP contribution is -2.37. The Morgan fingerprint density at radius 3 is 2.74 bits per heavy atom. The van der Waals surface area contributed by atoms with Crippen LogP contribution in [0.5, 0.6) is 0 Å². The number of amides is 2. The van der Waals surface area contributed by atoms with E-state index in [0.29, 0.717) is 54.8 Å². The largest absolute Gasteiger partial charge is 0.346 e. The number of rotatable bonds is 8. The van der Waals surface area contributed by atoms with Crippen molar-refractivity contribution in [3.8, 4) is 11.4 Å². The number of urea groups is 1. The Morgan fingerprint density at radius 1 is 1.10 bits per heavy atom. The van der Waals surface area contributed by atoms with Gasteiger partial charge >= 0.3 is 6.03 Å². The molecule has 9 heteroatoms. The predicted octanol–water partition coefficient (Wildman–Crippen LogP) is 4.42. The molecule has 0 atom stereocenters. The van der Waals surface area contributed by atoms with Crippen LogP contribution in [0.3, 0.4) is 0 Å². The van der Waals surface area contributed by atoms with Crippen molar-refractivity contribution in [3.63, 3.8) is 0 Å². The van der Waals surface area contributed by atoms with Crippen molar-refractivity contribution >= 4 is 28.5 Å². The molecular formula is C22H21ClFN5O2. The van der Waals surface area contributed by atoms with Crippen LogP contribution in [0.4, 0.5) is 9.18 Å². The minimum Gasteiger partial charge on any atom is -0.346 e. The maximum Gasteiger partial charge on any atom is 0.314 e. The van der Waals surface area contributed by atoms with Crippen molar-refractivity contribution in [3.05, 3.63) is 71.5 Å². The molecule has 7 nitrogen and oxygen atoms in total. The van der Waals surface area contributed by atoms with Crippen molar-refractivity contribution in [1.82, 2.24) is 25.3 Å². The average Bonchev–Trinajstić information content (AvgIpc) is 3.39. The standard InChI is InChI=1S/C22H21ClFN5O2/c23-17-5-8-19-16(14-17)9-12-29(19)13-11-26-22(30)25-10-1-2-20-27-21(28-31-20)15-3-6-18(24)7-4-15/h3-9,12,14H,1-2,10-11,13H2,(H2,25,26,30). The second kappa shape index (κ2) is 9.61. The molecule has 2 aromatic carbocycles. The van der Waals surface area contributed by atoms with E-state index in [2.05, 4.69) is 25.3 Å². The fourth-order valence-corrected chi connectivity index (χ4v) is 3.41. The second-order valence-corrected chi connectivity index (χ2v) is 7.45. The van der Waals surface area contributed by atoms with Crippen LogP contribution < -0.4 is 10.6 Å². The SMILES string of the molecule is O=C(NCCCc1nc(-c2ccc(F)cc2)no1)NCCn1ccc2cc(Cl)ccc21. The van der Waals surface area contributed by atoms with Crippen LogP contribution in [0.2, 0.25) is 5.02 Å². The molecule has 0 bridgehead atoms. The van der Waals surface area contributed by atoms with Crippen LogP contribution in [-0.2, 0) is 13.0 Å². The van der Waals surface area contributed by atoms with Crippen LogP contribution in [0, 0.1) is 5.82 Å². The first-order valence-electron chi connectivity index (χ1n) is 9.93. The van der Waals surface area contributed by atoms with E-state index in [0.717, 1.165) is 10.9 Å². The zero-order valence-electron chi connectivity index (χ0n) is 16.6. The number of carbonyl (C=O) groups is 1. The molecule has 0 aliphatic heterocycles. The Balaban J connectivity index is 1.16. The van der Waals surface area contributed by atoms with Crippen molar-refractivity contribution in [1.29, 1.82) is 0 Å². The Labute approximate surface area is 183 Å². The van der Waals surface area contributed by atoms with E-state index in [9.17, 15) is 9.18 Å². The summed E-state index contributed by atoms with van der Waals surface area (Å²) < 4.78 is 20.3. The molecule has 4 rings (SSSR count). The minimum absolute atomic E-state index is 0.225. The Bertz CT molecular complexity index is 1170. The summed E-state index contributed by atoms with van der Waals surface area (Å²) in [5.41, 5.74) is 1.76. The van der Waals surface area contributed by atoms with Crippen LogP contribution in [0.25, 0.3) is 22.3 Å². The second-order valence-electron chi connectivity index (χ2n) is 7.02. The van der Waals surface area contributed by atoms with Gasteiger partial charge in [-0.3, -0.25) is 0 Å². The molecule has 0 saturated carbocycles. The van der Waals surface area contributed by atoms with Gasteiger partial charge in [0.05, 0.1) is 0 Å². The molecular weight excluding hydrogens is 421 g/mol. The number of aromatic nitrogens is 3. The van der Waals surface area contributed by atoms with Crippen LogP contribution in [-0.4, -0.2) is 33.8 Å². The minimum atomic E-state index is -0.316. The lowest BCUT2D eigenvalue weighted by atomic mass is 10.2. The average molecular weight is 442 g/mol. The molecule has 0 aliphatic carbocycles. The molecule has 0 aliphatic rings. The van der Waals surface area contributed by atoms with Gasteiger partial charge < -0.3 is 19.7 Å². The van der Waals surface area contributed by atoms with Gasteiger partial charge in [0, 0.05) is 53.7 Å². The molecule has 160 valence electrons. The predicted molar refractivity (Wildman–Crippen MR) is 116 cm³/mol. The maximum absolute atomic E-state index is 13.0. The molecule has 0 unspecified atom stereocenters. The van der Waals surface area contributed by atoms with Gasteiger partial charge in [0.15, 0.2) is 0 Å². The third-order valence-corrected chi connectivity index (χ3v) is 5.03.